The number of rotatable bonds is 3. The van der Waals surface area contributed by atoms with Crippen molar-refractivity contribution >= 4 is 23.6 Å². The van der Waals surface area contributed by atoms with Crippen LogP contribution in [0.5, 0.6) is 0 Å². The van der Waals surface area contributed by atoms with Gasteiger partial charge in [-0.05, 0) is 76.6 Å². The normalized spacial score (nSPS) is 20.3. The summed E-state index contributed by atoms with van der Waals surface area (Å²) in [5.41, 5.74) is 0.579. The Hall–Kier alpha value is -2.57. The Morgan fingerprint density at radius 1 is 0.968 bits per heavy atom. The van der Waals surface area contributed by atoms with Crippen LogP contribution in [0.2, 0.25) is 0 Å². The van der Waals surface area contributed by atoms with Gasteiger partial charge in [0.1, 0.15) is 5.60 Å². The maximum Gasteiger partial charge on any atom is 0.412 e. The highest BCUT2D eigenvalue weighted by atomic mass is 16.6. The van der Waals surface area contributed by atoms with Crippen LogP contribution in [-0.4, -0.2) is 59.5 Å². The van der Waals surface area contributed by atoms with Crippen molar-refractivity contribution in [3.63, 3.8) is 0 Å². The zero-order chi connectivity index (χ0) is 22.6. The predicted octanol–water partition coefficient (Wildman–Crippen LogP) is 4.14. The summed E-state index contributed by atoms with van der Waals surface area (Å²) in [6.07, 6.45) is 3.19. The molecule has 0 radical (unpaired) electrons. The predicted molar refractivity (Wildman–Crippen MR) is 120 cm³/mol. The minimum atomic E-state index is -0.570. The number of carbonyl (C=O) groups is 3. The molecule has 2 aliphatic heterocycles. The molecule has 1 N–H and O–H groups in total. The molecule has 2 heterocycles. The van der Waals surface area contributed by atoms with E-state index in [-0.39, 0.29) is 17.7 Å². The lowest BCUT2D eigenvalue weighted by Gasteiger charge is -2.37. The molecule has 0 spiro atoms. The minimum absolute atomic E-state index is 0.0229. The molecule has 170 valence electrons. The lowest BCUT2D eigenvalue weighted by atomic mass is 9.92. The average Bonchev–Trinajstić information content (AvgIpc) is 2.72. The second-order valence-electron chi connectivity index (χ2n) is 9.80. The van der Waals surface area contributed by atoms with E-state index in [9.17, 15) is 14.4 Å². The number of nitrogens with zero attached hydrogens (tertiary/aromatic N) is 2. The Balaban J connectivity index is 1.50. The van der Waals surface area contributed by atoms with Crippen molar-refractivity contribution in [3.8, 4) is 0 Å². The molecule has 3 rings (SSSR count). The Kier molecular flexibility index (Phi) is 7.23. The SMILES string of the molecule is CC1CCCN(C(=O)C2CCN(C(=O)c3ccc(NC(=O)OC(C)(C)C)cc3)CC2)C1. The molecule has 0 saturated carbocycles. The number of benzene rings is 1. The van der Waals surface area contributed by atoms with Crippen molar-refractivity contribution in [2.45, 2.75) is 59.0 Å². The van der Waals surface area contributed by atoms with Gasteiger partial charge in [-0.15, -0.1) is 0 Å². The molecule has 7 heteroatoms. The first-order valence-electron chi connectivity index (χ1n) is 11.3. The molecule has 2 saturated heterocycles. The molecule has 1 aromatic rings. The van der Waals surface area contributed by atoms with Crippen LogP contribution in [0.4, 0.5) is 10.5 Å². The van der Waals surface area contributed by atoms with Gasteiger partial charge in [-0.1, -0.05) is 6.92 Å². The van der Waals surface area contributed by atoms with Crippen molar-refractivity contribution in [1.29, 1.82) is 0 Å². The fourth-order valence-corrected chi connectivity index (χ4v) is 4.28. The van der Waals surface area contributed by atoms with E-state index in [1.165, 1.54) is 6.42 Å². The second-order valence-corrected chi connectivity index (χ2v) is 9.80. The van der Waals surface area contributed by atoms with E-state index in [0.717, 1.165) is 19.5 Å². The van der Waals surface area contributed by atoms with E-state index < -0.39 is 11.7 Å². The summed E-state index contributed by atoms with van der Waals surface area (Å²) < 4.78 is 5.24. The fourth-order valence-electron chi connectivity index (χ4n) is 4.28. The molecular weight excluding hydrogens is 394 g/mol. The summed E-state index contributed by atoms with van der Waals surface area (Å²) in [6, 6.07) is 6.82. The van der Waals surface area contributed by atoms with E-state index in [4.69, 9.17) is 4.74 Å². The first-order valence-corrected chi connectivity index (χ1v) is 11.3. The molecule has 3 amide bonds. The third-order valence-corrected chi connectivity index (χ3v) is 5.88. The maximum atomic E-state index is 12.9. The van der Waals surface area contributed by atoms with Crippen LogP contribution >= 0.6 is 0 Å². The standard InChI is InChI=1S/C24H35N3O4/c1-17-6-5-13-27(16-17)22(29)19-11-14-26(15-12-19)21(28)18-7-9-20(10-8-18)25-23(30)31-24(2,3)4/h7-10,17,19H,5-6,11-16H2,1-4H3,(H,25,30). The summed E-state index contributed by atoms with van der Waals surface area (Å²) in [5, 5.41) is 2.67. The molecule has 0 aromatic heterocycles. The van der Waals surface area contributed by atoms with Crippen molar-refractivity contribution in [3.05, 3.63) is 29.8 Å². The van der Waals surface area contributed by atoms with E-state index >= 15 is 0 Å². The molecule has 1 aromatic carbocycles. The first kappa shape index (κ1) is 23.1. The Bertz CT molecular complexity index is 792. The number of piperidine rings is 2. The number of hydrogen-bond donors (Lipinski definition) is 1. The molecule has 31 heavy (non-hydrogen) atoms. The van der Waals surface area contributed by atoms with Gasteiger partial charge in [0.15, 0.2) is 0 Å². The number of nitrogens with one attached hydrogen (secondary N) is 1. The second kappa shape index (κ2) is 9.71. The third kappa shape index (κ3) is 6.45. The summed E-state index contributed by atoms with van der Waals surface area (Å²) in [5.74, 6) is 0.819. The van der Waals surface area contributed by atoms with Gasteiger partial charge >= 0.3 is 6.09 Å². The highest BCUT2D eigenvalue weighted by Crippen LogP contribution is 2.25. The molecule has 1 unspecified atom stereocenters. The maximum absolute atomic E-state index is 12.9. The lowest BCUT2D eigenvalue weighted by Crippen LogP contribution is -2.47. The number of hydrogen-bond acceptors (Lipinski definition) is 4. The zero-order valence-electron chi connectivity index (χ0n) is 19.1. The van der Waals surface area contributed by atoms with Gasteiger partial charge < -0.3 is 14.5 Å². The number of likely N-dealkylation sites (tertiary alicyclic amines) is 2. The van der Waals surface area contributed by atoms with Crippen molar-refractivity contribution in [1.82, 2.24) is 9.80 Å². The fraction of sp³-hybridized carbons (Fsp3) is 0.625. The van der Waals surface area contributed by atoms with Gasteiger partial charge in [-0.2, -0.15) is 0 Å². The molecule has 7 nitrogen and oxygen atoms in total. The van der Waals surface area contributed by atoms with Crippen LogP contribution in [0, 0.1) is 11.8 Å². The topological polar surface area (TPSA) is 79.0 Å². The Morgan fingerprint density at radius 3 is 2.19 bits per heavy atom. The third-order valence-electron chi connectivity index (χ3n) is 5.88. The summed E-state index contributed by atoms with van der Waals surface area (Å²) in [7, 11) is 0. The highest BCUT2D eigenvalue weighted by Gasteiger charge is 2.32. The smallest absolute Gasteiger partial charge is 0.412 e. The van der Waals surface area contributed by atoms with Crippen molar-refractivity contribution in [2.75, 3.05) is 31.5 Å². The number of ether oxygens (including phenoxy) is 1. The Labute approximate surface area is 185 Å². The van der Waals surface area contributed by atoms with E-state index in [2.05, 4.69) is 12.2 Å². The summed E-state index contributed by atoms with van der Waals surface area (Å²) in [6.45, 7) is 10.5. The molecule has 2 aliphatic rings. The molecule has 0 bridgehead atoms. The molecular formula is C24H35N3O4. The van der Waals surface area contributed by atoms with Gasteiger partial charge in [0, 0.05) is 43.3 Å². The lowest BCUT2D eigenvalue weighted by molar-refractivity contribution is -0.138. The number of anilines is 1. The van der Waals surface area contributed by atoms with Gasteiger partial charge in [0.2, 0.25) is 5.91 Å². The van der Waals surface area contributed by atoms with Crippen molar-refractivity contribution in [2.24, 2.45) is 11.8 Å². The van der Waals surface area contributed by atoms with Crippen molar-refractivity contribution < 1.29 is 19.1 Å². The highest BCUT2D eigenvalue weighted by molar-refractivity contribution is 5.95. The van der Waals surface area contributed by atoms with Crippen LogP contribution in [0.25, 0.3) is 0 Å². The van der Waals surface area contributed by atoms with Crippen LogP contribution in [-0.2, 0) is 9.53 Å². The van der Waals surface area contributed by atoms with Gasteiger partial charge in [-0.3, -0.25) is 14.9 Å². The largest absolute Gasteiger partial charge is 0.444 e. The zero-order valence-corrected chi connectivity index (χ0v) is 19.1. The van der Waals surface area contributed by atoms with E-state index in [1.807, 2.05) is 9.80 Å². The quantitative estimate of drug-likeness (QED) is 0.783. The van der Waals surface area contributed by atoms with Crippen LogP contribution in [0.1, 0.15) is 63.7 Å². The first-order chi connectivity index (χ1) is 14.6. The number of amides is 3. The van der Waals surface area contributed by atoms with Gasteiger partial charge in [0.25, 0.3) is 5.91 Å². The van der Waals surface area contributed by atoms with Gasteiger partial charge in [-0.25, -0.2) is 4.79 Å². The van der Waals surface area contributed by atoms with E-state index in [1.54, 1.807) is 45.0 Å². The minimum Gasteiger partial charge on any atom is -0.444 e. The average molecular weight is 430 g/mol. The molecule has 0 aliphatic carbocycles. The molecule has 2 fully saturated rings. The van der Waals surface area contributed by atoms with Crippen LogP contribution in [0.3, 0.4) is 0 Å². The van der Waals surface area contributed by atoms with Crippen LogP contribution in [0.15, 0.2) is 24.3 Å². The Morgan fingerprint density at radius 2 is 1.61 bits per heavy atom. The van der Waals surface area contributed by atoms with E-state index in [0.29, 0.717) is 43.1 Å². The number of carbonyl (C=O) groups excluding carboxylic acids is 3. The van der Waals surface area contributed by atoms with Gasteiger partial charge in [0.05, 0.1) is 0 Å². The molecule has 1 atom stereocenters. The summed E-state index contributed by atoms with van der Waals surface area (Å²) >= 11 is 0. The monoisotopic (exact) mass is 429 g/mol. The summed E-state index contributed by atoms with van der Waals surface area (Å²) in [4.78, 5) is 41.4. The van der Waals surface area contributed by atoms with Crippen LogP contribution < -0.4 is 5.32 Å².